The maximum atomic E-state index is 13.7. The predicted octanol–water partition coefficient (Wildman–Crippen LogP) is 5.30. The fourth-order valence-corrected chi connectivity index (χ4v) is 7.68. The van der Waals surface area contributed by atoms with Gasteiger partial charge in [-0.3, -0.25) is 14.2 Å². The van der Waals surface area contributed by atoms with Crippen molar-refractivity contribution in [3.05, 3.63) is 63.2 Å². The first kappa shape index (κ1) is 24.4. The van der Waals surface area contributed by atoms with Gasteiger partial charge in [-0.05, 0) is 62.3 Å². The number of likely N-dealkylation sites (tertiary alicyclic amines) is 1. The number of fused-ring (bicyclic) bond motifs is 4. The van der Waals surface area contributed by atoms with Gasteiger partial charge in [0.1, 0.15) is 10.6 Å². The van der Waals surface area contributed by atoms with E-state index < -0.39 is 0 Å². The van der Waals surface area contributed by atoms with Gasteiger partial charge in [0.05, 0.1) is 16.8 Å². The van der Waals surface area contributed by atoms with Gasteiger partial charge in [-0.25, -0.2) is 9.37 Å². The van der Waals surface area contributed by atoms with Crippen molar-refractivity contribution >= 4 is 50.2 Å². The summed E-state index contributed by atoms with van der Waals surface area (Å²) < 4.78 is 20.8. The number of hydrogen-bond donors (Lipinski definition) is 0. The van der Waals surface area contributed by atoms with Crippen molar-refractivity contribution in [2.24, 2.45) is 0 Å². The summed E-state index contributed by atoms with van der Waals surface area (Å²) in [6, 6.07) is 4.43. The van der Waals surface area contributed by atoms with Crippen molar-refractivity contribution in [3.63, 3.8) is 0 Å². The molecule has 4 heterocycles. The third kappa shape index (κ3) is 4.50. The molecule has 0 radical (unpaired) electrons. The molecule has 3 aromatic heterocycles. The van der Waals surface area contributed by atoms with Crippen molar-refractivity contribution in [2.75, 3.05) is 18.8 Å². The molecule has 0 atom stereocenters. The van der Waals surface area contributed by atoms with Crippen molar-refractivity contribution in [1.29, 1.82) is 0 Å². The number of carbonyl (C=O) groups excluding carboxylic acids is 1. The molecule has 1 amide bonds. The molecule has 1 aromatic carbocycles. The molecule has 2 aliphatic rings. The minimum absolute atomic E-state index is 0.0180. The van der Waals surface area contributed by atoms with Crippen LogP contribution in [0.5, 0.6) is 0 Å². The van der Waals surface area contributed by atoms with Crippen LogP contribution >= 0.6 is 23.1 Å². The molecular formula is C27H27FN4O3S2. The second-order valence-electron chi connectivity index (χ2n) is 9.64. The number of benzene rings is 1. The lowest BCUT2D eigenvalue weighted by Gasteiger charge is -2.31. The molecule has 192 valence electrons. The number of nitrogens with zero attached hydrogens (tertiary/aromatic N) is 4. The number of piperidine rings is 1. The van der Waals surface area contributed by atoms with Crippen LogP contribution in [0.1, 0.15) is 47.7 Å². The van der Waals surface area contributed by atoms with Crippen molar-refractivity contribution < 1.29 is 13.7 Å². The Balaban J connectivity index is 1.15. The van der Waals surface area contributed by atoms with Gasteiger partial charge in [0.15, 0.2) is 10.7 Å². The number of thiophene rings is 1. The number of rotatable bonds is 6. The quantitative estimate of drug-likeness (QED) is 0.188. The SMILES string of the molecule is C=CCn1c(SCC(=O)N2CCC(c3noc4ccc(F)cc34)CC2)nc2sc3c(c2c1=O)CCCC3. The second kappa shape index (κ2) is 10.1. The normalized spacial score (nSPS) is 16.4. The molecule has 1 aliphatic carbocycles. The van der Waals surface area contributed by atoms with Gasteiger partial charge in [0.2, 0.25) is 5.91 Å². The highest BCUT2D eigenvalue weighted by atomic mass is 32.2. The first-order chi connectivity index (χ1) is 18.0. The Bertz CT molecular complexity index is 1570. The van der Waals surface area contributed by atoms with E-state index in [9.17, 15) is 14.0 Å². The Kier molecular flexibility index (Phi) is 6.62. The molecule has 1 aliphatic heterocycles. The minimum atomic E-state index is -0.314. The molecule has 0 unspecified atom stereocenters. The Labute approximate surface area is 221 Å². The highest BCUT2D eigenvalue weighted by molar-refractivity contribution is 7.99. The molecule has 0 saturated carbocycles. The second-order valence-corrected chi connectivity index (χ2v) is 11.7. The zero-order valence-electron chi connectivity index (χ0n) is 20.4. The van der Waals surface area contributed by atoms with Crippen LogP contribution in [-0.2, 0) is 24.2 Å². The predicted molar refractivity (Wildman–Crippen MR) is 144 cm³/mol. The van der Waals surface area contributed by atoms with Crippen LogP contribution < -0.4 is 5.56 Å². The largest absolute Gasteiger partial charge is 0.356 e. The summed E-state index contributed by atoms with van der Waals surface area (Å²) in [6.45, 7) is 5.36. The van der Waals surface area contributed by atoms with Gasteiger partial charge < -0.3 is 9.42 Å². The molecule has 37 heavy (non-hydrogen) atoms. The van der Waals surface area contributed by atoms with E-state index in [4.69, 9.17) is 9.51 Å². The van der Waals surface area contributed by atoms with Gasteiger partial charge in [0, 0.05) is 35.8 Å². The van der Waals surface area contributed by atoms with Crippen molar-refractivity contribution in [1.82, 2.24) is 19.6 Å². The summed E-state index contributed by atoms with van der Waals surface area (Å²) in [5, 5.41) is 6.21. The summed E-state index contributed by atoms with van der Waals surface area (Å²) in [4.78, 5) is 35.3. The molecule has 7 nitrogen and oxygen atoms in total. The molecule has 0 bridgehead atoms. The number of carbonyl (C=O) groups is 1. The summed E-state index contributed by atoms with van der Waals surface area (Å²) in [7, 11) is 0. The summed E-state index contributed by atoms with van der Waals surface area (Å²) in [5.74, 6) is 0.0325. The lowest BCUT2D eigenvalue weighted by molar-refractivity contribution is -0.129. The Morgan fingerprint density at radius 1 is 1.27 bits per heavy atom. The van der Waals surface area contributed by atoms with E-state index in [1.807, 2.05) is 4.90 Å². The number of aromatic nitrogens is 3. The molecule has 0 N–H and O–H groups in total. The van der Waals surface area contributed by atoms with Crippen molar-refractivity contribution in [2.45, 2.75) is 56.1 Å². The molecule has 6 rings (SSSR count). The average Bonchev–Trinajstić information content (AvgIpc) is 3.50. The average molecular weight is 539 g/mol. The number of halogens is 1. The van der Waals surface area contributed by atoms with Crippen LogP contribution in [0, 0.1) is 5.82 Å². The van der Waals surface area contributed by atoms with E-state index in [-0.39, 0.29) is 29.0 Å². The maximum absolute atomic E-state index is 13.7. The first-order valence-corrected chi connectivity index (χ1v) is 14.4. The van der Waals surface area contributed by atoms with E-state index in [0.29, 0.717) is 35.8 Å². The van der Waals surface area contributed by atoms with Gasteiger partial charge in [-0.15, -0.1) is 17.9 Å². The number of amides is 1. The van der Waals surface area contributed by atoms with Crippen LogP contribution in [-0.4, -0.2) is 44.4 Å². The minimum Gasteiger partial charge on any atom is -0.356 e. The van der Waals surface area contributed by atoms with Gasteiger partial charge in [-0.1, -0.05) is 23.0 Å². The molecule has 1 saturated heterocycles. The Morgan fingerprint density at radius 2 is 2.08 bits per heavy atom. The summed E-state index contributed by atoms with van der Waals surface area (Å²) in [5.41, 5.74) is 2.48. The number of allylic oxidation sites excluding steroid dienone is 1. The number of aryl methyl sites for hydroxylation is 2. The van der Waals surface area contributed by atoms with E-state index in [1.165, 1.54) is 34.3 Å². The zero-order valence-corrected chi connectivity index (χ0v) is 22.0. The fourth-order valence-electron chi connectivity index (χ4n) is 5.46. The van der Waals surface area contributed by atoms with Crippen LogP contribution in [0.4, 0.5) is 4.39 Å². The topological polar surface area (TPSA) is 81.2 Å². The lowest BCUT2D eigenvalue weighted by Crippen LogP contribution is -2.39. The third-order valence-electron chi connectivity index (χ3n) is 7.37. The van der Waals surface area contributed by atoms with Gasteiger partial charge in [0.25, 0.3) is 5.56 Å². The van der Waals surface area contributed by atoms with Crippen LogP contribution in [0.25, 0.3) is 21.2 Å². The number of hydrogen-bond acceptors (Lipinski definition) is 7. The molecule has 10 heteroatoms. The van der Waals surface area contributed by atoms with E-state index in [1.54, 1.807) is 28.0 Å². The molecule has 0 spiro atoms. The Morgan fingerprint density at radius 3 is 2.89 bits per heavy atom. The molecular weight excluding hydrogens is 511 g/mol. The number of thioether (sulfide) groups is 1. The highest BCUT2D eigenvalue weighted by Crippen LogP contribution is 2.35. The zero-order chi connectivity index (χ0) is 25.5. The maximum Gasteiger partial charge on any atom is 0.263 e. The third-order valence-corrected chi connectivity index (χ3v) is 9.52. The van der Waals surface area contributed by atoms with Crippen LogP contribution in [0.15, 0.2) is 45.3 Å². The standard InChI is InChI=1S/C27H27FN4O3S2/c1-2-11-32-26(34)23-18-5-3-4-6-21(18)37-25(23)29-27(32)36-15-22(33)31-12-9-16(10-13-31)24-19-14-17(28)7-8-20(19)35-30-24/h2,7-8,14,16H,1,3-6,9-13,15H2. The summed E-state index contributed by atoms with van der Waals surface area (Å²) >= 11 is 2.94. The van der Waals surface area contributed by atoms with Crippen LogP contribution in [0.3, 0.4) is 0 Å². The Hall–Kier alpha value is -2.98. The fraction of sp³-hybridized carbons (Fsp3) is 0.407. The van der Waals surface area contributed by atoms with Crippen molar-refractivity contribution in [3.8, 4) is 0 Å². The van der Waals surface area contributed by atoms with E-state index >= 15 is 0 Å². The highest BCUT2D eigenvalue weighted by Gasteiger charge is 2.28. The summed E-state index contributed by atoms with van der Waals surface area (Å²) in [6.07, 6.45) is 7.36. The molecule has 4 aromatic rings. The van der Waals surface area contributed by atoms with Gasteiger partial charge in [-0.2, -0.15) is 0 Å². The monoisotopic (exact) mass is 538 g/mol. The van der Waals surface area contributed by atoms with Gasteiger partial charge >= 0.3 is 0 Å². The van der Waals surface area contributed by atoms with E-state index in [2.05, 4.69) is 11.7 Å². The molecule has 1 fully saturated rings. The first-order valence-electron chi connectivity index (χ1n) is 12.6. The smallest absolute Gasteiger partial charge is 0.263 e. The lowest BCUT2D eigenvalue weighted by atomic mass is 9.91. The van der Waals surface area contributed by atoms with Crippen LogP contribution in [0.2, 0.25) is 0 Å². The van der Waals surface area contributed by atoms with E-state index in [0.717, 1.165) is 54.4 Å².